The second kappa shape index (κ2) is 4.21. The van der Waals surface area contributed by atoms with Crippen LogP contribution in [0.15, 0.2) is 41.0 Å². The molecule has 1 aromatic heterocycles. The van der Waals surface area contributed by atoms with E-state index in [0.29, 0.717) is 10.8 Å². The van der Waals surface area contributed by atoms with Gasteiger partial charge in [0.2, 0.25) is 0 Å². The Kier molecular flexibility index (Phi) is 2.93. The van der Waals surface area contributed by atoms with Crippen LogP contribution in [-0.4, -0.2) is 4.98 Å². The minimum atomic E-state index is 0.339. The number of benzene rings is 1. The van der Waals surface area contributed by atoms with Crippen molar-refractivity contribution in [2.75, 3.05) is 5.73 Å². The van der Waals surface area contributed by atoms with Gasteiger partial charge in [-0.3, -0.25) is 0 Å². The van der Waals surface area contributed by atoms with E-state index in [4.69, 9.17) is 17.3 Å². The molecule has 0 radical (unpaired) electrons. The van der Waals surface area contributed by atoms with Crippen LogP contribution >= 0.6 is 27.5 Å². The van der Waals surface area contributed by atoms with Crippen molar-refractivity contribution in [2.24, 2.45) is 0 Å². The van der Waals surface area contributed by atoms with Gasteiger partial charge in [0.15, 0.2) is 5.15 Å². The van der Waals surface area contributed by atoms with Gasteiger partial charge in [-0.2, -0.15) is 0 Å². The second-order valence-electron chi connectivity index (χ2n) is 3.08. The number of aromatic nitrogens is 1. The summed E-state index contributed by atoms with van der Waals surface area (Å²) in [4.78, 5) is 4.02. The molecular weight excluding hydrogens is 275 g/mol. The number of pyridine rings is 1. The van der Waals surface area contributed by atoms with Crippen LogP contribution in [0.3, 0.4) is 0 Å². The van der Waals surface area contributed by atoms with Gasteiger partial charge in [0.1, 0.15) is 0 Å². The third-order valence-electron chi connectivity index (χ3n) is 2.05. The van der Waals surface area contributed by atoms with Crippen molar-refractivity contribution in [3.63, 3.8) is 0 Å². The first-order chi connectivity index (χ1) is 7.18. The largest absolute Gasteiger partial charge is 0.396 e. The molecule has 0 aliphatic rings. The normalized spacial score (nSPS) is 10.3. The van der Waals surface area contributed by atoms with Crippen molar-refractivity contribution >= 4 is 33.2 Å². The first-order valence-corrected chi connectivity index (χ1v) is 5.51. The van der Waals surface area contributed by atoms with E-state index in [0.717, 1.165) is 15.6 Å². The second-order valence-corrected chi connectivity index (χ2v) is 4.30. The summed E-state index contributed by atoms with van der Waals surface area (Å²) in [6.07, 6.45) is 1.71. The van der Waals surface area contributed by atoms with Gasteiger partial charge in [-0.1, -0.05) is 45.7 Å². The SMILES string of the molecule is Nc1cc(-c2ccccc2Br)cnc1Cl. The third kappa shape index (κ3) is 2.13. The Balaban J connectivity index is 2.55. The van der Waals surface area contributed by atoms with Crippen molar-refractivity contribution in [1.82, 2.24) is 4.98 Å². The predicted molar refractivity (Wildman–Crippen MR) is 66.8 cm³/mol. The maximum absolute atomic E-state index is 5.76. The van der Waals surface area contributed by atoms with Gasteiger partial charge in [-0.05, 0) is 17.7 Å². The maximum Gasteiger partial charge on any atom is 0.151 e. The molecule has 15 heavy (non-hydrogen) atoms. The molecule has 0 bridgehead atoms. The number of hydrogen-bond acceptors (Lipinski definition) is 2. The predicted octanol–water partition coefficient (Wildman–Crippen LogP) is 3.75. The van der Waals surface area contributed by atoms with Crippen molar-refractivity contribution in [3.8, 4) is 11.1 Å². The van der Waals surface area contributed by atoms with E-state index in [1.54, 1.807) is 6.20 Å². The van der Waals surface area contributed by atoms with Crippen LogP contribution in [0, 0.1) is 0 Å². The highest BCUT2D eigenvalue weighted by Gasteiger charge is 2.04. The molecule has 1 heterocycles. The quantitative estimate of drug-likeness (QED) is 0.810. The van der Waals surface area contributed by atoms with Crippen LogP contribution in [0.25, 0.3) is 11.1 Å². The zero-order valence-electron chi connectivity index (χ0n) is 7.74. The number of halogens is 2. The van der Waals surface area contributed by atoms with Gasteiger partial charge in [0.05, 0.1) is 5.69 Å². The Hall–Kier alpha value is -1.06. The van der Waals surface area contributed by atoms with E-state index in [1.165, 1.54) is 0 Å². The van der Waals surface area contributed by atoms with Crippen LogP contribution in [0.5, 0.6) is 0 Å². The Morgan fingerprint density at radius 1 is 1.27 bits per heavy atom. The lowest BCUT2D eigenvalue weighted by molar-refractivity contribution is 1.33. The third-order valence-corrected chi connectivity index (χ3v) is 3.06. The molecule has 2 N–H and O–H groups in total. The fourth-order valence-corrected chi connectivity index (χ4v) is 1.92. The first-order valence-electron chi connectivity index (χ1n) is 4.34. The Morgan fingerprint density at radius 2 is 2.00 bits per heavy atom. The molecule has 0 aliphatic heterocycles. The number of rotatable bonds is 1. The molecule has 0 atom stereocenters. The summed E-state index contributed by atoms with van der Waals surface area (Å²) < 4.78 is 1.01. The van der Waals surface area contributed by atoms with Crippen LogP contribution in [0.2, 0.25) is 5.15 Å². The summed E-state index contributed by atoms with van der Waals surface area (Å²) in [5.74, 6) is 0. The molecule has 0 fully saturated rings. The van der Waals surface area contributed by atoms with Gasteiger partial charge in [-0.25, -0.2) is 4.98 Å². The highest BCUT2D eigenvalue weighted by Crippen LogP contribution is 2.30. The lowest BCUT2D eigenvalue weighted by Crippen LogP contribution is -1.90. The molecule has 0 saturated carbocycles. The molecule has 76 valence electrons. The first kappa shape index (κ1) is 10.5. The number of hydrogen-bond donors (Lipinski definition) is 1. The van der Waals surface area contributed by atoms with Crippen LogP contribution in [0.1, 0.15) is 0 Å². The van der Waals surface area contributed by atoms with E-state index in [9.17, 15) is 0 Å². The monoisotopic (exact) mass is 282 g/mol. The highest BCUT2D eigenvalue weighted by molar-refractivity contribution is 9.10. The van der Waals surface area contributed by atoms with Gasteiger partial charge in [0, 0.05) is 16.2 Å². The lowest BCUT2D eigenvalue weighted by Gasteiger charge is -2.05. The molecule has 0 aliphatic carbocycles. The number of nitrogens with two attached hydrogens (primary N) is 1. The standard InChI is InChI=1S/C11H8BrClN2/c12-9-4-2-1-3-8(9)7-5-10(14)11(13)15-6-7/h1-6H,14H2. The van der Waals surface area contributed by atoms with Crippen molar-refractivity contribution in [1.29, 1.82) is 0 Å². The van der Waals surface area contributed by atoms with Crippen molar-refractivity contribution in [3.05, 3.63) is 46.2 Å². The summed E-state index contributed by atoms with van der Waals surface area (Å²) in [5.41, 5.74) is 8.19. The van der Waals surface area contributed by atoms with Crippen molar-refractivity contribution < 1.29 is 0 Å². The van der Waals surface area contributed by atoms with E-state index in [1.807, 2.05) is 30.3 Å². The zero-order valence-corrected chi connectivity index (χ0v) is 10.1. The molecule has 0 saturated heterocycles. The highest BCUT2D eigenvalue weighted by atomic mass is 79.9. The summed E-state index contributed by atoms with van der Waals surface area (Å²) in [7, 11) is 0. The molecule has 0 amide bonds. The summed E-state index contributed by atoms with van der Waals surface area (Å²) in [6.45, 7) is 0. The zero-order chi connectivity index (χ0) is 10.8. The molecule has 0 spiro atoms. The summed E-state index contributed by atoms with van der Waals surface area (Å²) in [6, 6.07) is 9.70. The average molecular weight is 284 g/mol. The molecular formula is C11H8BrClN2. The van der Waals surface area contributed by atoms with E-state index in [2.05, 4.69) is 20.9 Å². The van der Waals surface area contributed by atoms with Crippen LogP contribution < -0.4 is 5.73 Å². The molecule has 2 rings (SSSR count). The molecule has 2 nitrogen and oxygen atoms in total. The van der Waals surface area contributed by atoms with Gasteiger partial charge >= 0.3 is 0 Å². The number of nitrogens with zero attached hydrogens (tertiary/aromatic N) is 1. The number of anilines is 1. The van der Waals surface area contributed by atoms with Gasteiger partial charge in [0.25, 0.3) is 0 Å². The van der Waals surface area contributed by atoms with Crippen LogP contribution in [0.4, 0.5) is 5.69 Å². The van der Waals surface area contributed by atoms with Gasteiger partial charge < -0.3 is 5.73 Å². The van der Waals surface area contributed by atoms with Gasteiger partial charge in [-0.15, -0.1) is 0 Å². The van der Waals surface area contributed by atoms with E-state index < -0.39 is 0 Å². The molecule has 1 aromatic carbocycles. The minimum absolute atomic E-state index is 0.339. The lowest BCUT2D eigenvalue weighted by atomic mass is 10.1. The number of nitrogen functional groups attached to an aromatic ring is 1. The van der Waals surface area contributed by atoms with E-state index >= 15 is 0 Å². The fourth-order valence-electron chi connectivity index (χ4n) is 1.31. The Labute approximate surface area is 101 Å². The van der Waals surface area contributed by atoms with Crippen LogP contribution in [-0.2, 0) is 0 Å². The Morgan fingerprint density at radius 3 is 2.67 bits per heavy atom. The fraction of sp³-hybridized carbons (Fsp3) is 0. The average Bonchev–Trinajstić information content (AvgIpc) is 2.23. The summed E-state index contributed by atoms with van der Waals surface area (Å²) in [5, 5.41) is 0.339. The smallest absolute Gasteiger partial charge is 0.151 e. The Bertz CT molecular complexity index is 500. The molecule has 2 aromatic rings. The molecule has 4 heteroatoms. The molecule has 0 unspecified atom stereocenters. The van der Waals surface area contributed by atoms with E-state index in [-0.39, 0.29) is 0 Å². The topological polar surface area (TPSA) is 38.9 Å². The minimum Gasteiger partial charge on any atom is -0.396 e. The summed E-state index contributed by atoms with van der Waals surface area (Å²) >= 11 is 9.23. The van der Waals surface area contributed by atoms with Crippen molar-refractivity contribution in [2.45, 2.75) is 0 Å². The maximum atomic E-state index is 5.76.